The van der Waals surface area contributed by atoms with Crippen LogP contribution in [0.15, 0.2) is 18.2 Å². The van der Waals surface area contributed by atoms with E-state index in [1.807, 2.05) is 0 Å². The average molecular weight is 238 g/mol. The summed E-state index contributed by atoms with van der Waals surface area (Å²) in [5, 5.41) is 2.75. The highest BCUT2D eigenvalue weighted by Crippen LogP contribution is 2.28. The third-order valence-corrected chi connectivity index (χ3v) is 2.46. The predicted octanol–water partition coefficient (Wildman–Crippen LogP) is 0.353. The first kappa shape index (κ1) is 11.7. The lowest BCUT2D eigenvalue weighted by Crippen LogP contribution is -2.46. The third kappa shape index (κ3) is 2.48. The van der Waals surface area contributed by atoms with Crippen LogP contribution in [0.25, 0.3) is 0 Å². The highest BCUT2D eigenvalue weighted by atomic mass is 16.7. The lowest BCUT2D eigenvalue weighted by Gasteiger charge is -2.26. The molecule has 6 heteroatoms. The maximum atomic E-state index is 11.3. The first-order valence-electron chi connectivity index (χ1n) is 5.13. The lowest BCUT2D eigenvalue weighted by molar-refractivity contribution is -0.139. The Bertz CT molecular complexity index is 422. The summed E-state index contributed by atoms with van der Waals surface area (Å²) in [6, 6.07) is 5.34. The third-order valence-electron chi connectivity index (χ3n) is 2.46. The average Bonchev–Trinajstić information content (AvgIpc) is 2.38. The minimum Gasteiger partial charge on any atom is -0.497 e. The molecule has 17 heavy (non-hydrogen) atoms. The number of hydrogen-bond acceptors (Lipinski definition) is 5. The molecule has 2 N–H and O–H groups in total. The van der Waals surface area contributed by atoms with Crippen molar-refractivity contribution in [3.05, 3.63) is 23.8 Å². The number of hydrogen-bond donors (Lipinski definition) is 2. The molecule has 2 rings (SSSR count). The van der Waals surface area contributed by atoms with Crippen LogP contribution in [-0.4, -0.2) is 26.7 Å². The number of benzene rings is 1. The standard InChI is InChI=1S/C11H14N2O4/c1-15-7-3-4-9(16-2)8(5-7)11-12-10(14)6-17-13-11/h3-5,11,13H,6H2,1-2H3,(H,12,14). The predicted molar refractivity (Wildman–Crippen MR) is 59.5 cm³/mol. The van der Waals surface area contributed by atoms with Crippen molar-refractivity contribution in [3.63, 3.8) is 0 Å². The zero-order valence-corrected chi connectivity index (χ0v) is 9.65. The number of ether oxygens (including phenoxy) is 2. The Hall–Kier alpha value is -1.79. The molecule has 0 saturated carbocycles. The lowest BCUT2D eigenvalue weighted by atomic mass is 10.1. The van der Waals surface area contributed by atoms with E-state index in [2.05, 4.69) is 10.8 Å². The highest BCUT2D eigenvalue weighted by molar-refractivity contribution is 5.78. The summed E-state index contributed by atoms with van der Waals surface area (Å²) >= 11 is 0. The van der Waals surface area contributed by atoms with Gasteiger partial charge in [0, 0.05) is 5.56 Å². The normalized spacial score (nSPS) is 19.6. The van der Waals surface area contributed by atoms with Crippen LogP contribution in [-0.2, 0) is 9.63 Å². The summed E-state index contributed by atoms with van der Waals surface area (Å²) in [6.07, 6.45) is -0.443. The maximum absolute atomic E-state index is 11.3. The summed E-state index contributed by atoms with van der Waals surface area (Å²) < 4.78 is 10.4. The molecule has 0 bridgehead atoms. The summed E-state index contributed by atoms with van der Waals surface area (Å²) in [5.41, 5.74) is 3.47. The van der Waals surface area contributed by atoms with Crippen molar-refractivity contribution in [3.8, 4) is 11.5 Å². The van der Waals surface area contributed by atoms with Gasteiger partial charge in [-0.2, -0.15) is 5.48 Å². The van der Waals surface area contributed by atoms with Crippen molar-refractivity contribution in [2.45, 2.75) is 6.17 Å². The quantitative estimate of drug-likeness (QED) is 0.795. The molecule has 0 aliphatic carbocycles. The van der Waals surface area contributed by atoms with Gasteiger partial charge in [0.05, 0.1) is 14.2 Å². The molecule has 0 radical (unpaired) electrons. The Balaban J connectivity index is 2.30. The fourth-order valence-electron chi connectivity index (χ4n) is 1.63. The van der Waals surface area contributed by atoms with Crippen molar-refractivity contribution in [1.29, 1.82) is 0 Å². The molecule has 92 valence electrons. The Morgan fingerprint density at radius 1 is 1.35 bits per heavy atom. The number of nitrogens with one attached hydrogen (secondary N) is 2. The number of methoxy groups -OCH3 is 2. The van der Waals surface area contributed by atoms with Gasteiger partial charge < -0.3 is 14.8 Å². The van der Waals surface area contributed by atoms with Crippen LogP contribution in [0, 0.1) is 0 Å². The van der Waals surface area contributed by atoms with Crippen molar-refractivity contribution in [2.24, 2.45) is 0 Å². The molecular weight excluding hydrogens is 224 g/mol. The molecule has 1 amide bonds. The zero-order valence-electron chi connectivity index (χ0n) is 9.65. The second-order valence-corrected chi connectivity index (χ2v) is 3.51. The van der Waals surface area contributed by atoms with Crippen LogP contribution < -0.4 is 20.3 Å². The summed E-state index contributed by atoms with van der Waals surface area (Å²) in [7, 11) is 3.14. The number of carbonyl (C=O) groups excluding carboxylic acids is 1. The van der Waals surface area contributed by atoms with Crippen LogP contribution in [0.4, 0.5) is 0 Å². The van der Waals surface area contributed by atoms with Crippen molar-refractivity contribution in [2.75, 3.05) is 20.8 Å². The molecule has 0 spiro atoms. The first-order chi connectivity index (χ1) is 8.24. The molecule has 6 nitrogen and oxygen atoms in total. The van der Waals surface area contributed by atoms with Gasteiger partial charge in [-0.25, -0.2) is 0 Å². The van der Waals surface area contributed by atoms with Crippen LogP contribution in [0.3, 0.4) is 0 Å². The van der Waals surface area contributed by atoms with Gasteiger partial charge in [-0.1, -0.05) is 0 Å². The van der Waals surface area contributed by atoms with E-state index < -0.39 is 6.17 Å². The molecule has 1 aliphatic heterocycles. The van der Waals surface area contributed by atoms with Crippen molar-refractivity contribution >= 4 is 5.91 Å². The van der Waals surface area contributed by atoms with Crippen molar-refractivity contribution in [1.82, 2.24) is 10.8 Å². The van der Waals surface area contributed by atoms with E-state index in [0.717, 1.165) is 5.56 Å². The fraction of sp³-hybridized carbons (Fsp3) is 0.364. The van der Waals surface area contributed by atoms with E-state index >= 15 is 0 Å². The minimum absolute atomic E-state index is 0.00276. The summed E-state index contributed by atoms with van der Waals surface area (Å²) in [4.78, 5) is 16.2. The van der Waals surface area contributed by atoms with E-state index in [9.17, 15) is 4.79 Å². The first-order valence-corrected chi connectivity index (χ1v) is 5.13. The molecule has 1 fully saturated rings. The second-order valence-electron chi connectivity index (χ2n) is 3.51. The van der Waals surface area contributed by atoms with Gasteiger partial charge in [-0.15, -0.1) is 0 Å². The Labute approximate surface area is 98.8 Å². The monoisotopic (exact) mass is 238 g/mol. The smallest absolute Gasteiger partial charge is 0.249 e. The Morgan fingerprint density at radius 2 is 2.18 bits per heavy atom. The van der Waals surface area contributed by atoms with E-state index in [4.69, 9.17) is 14.3 Å². The Morgan fingerprint density at radius 3 is 2.82 bits per heavy atom. The van der Waals surface area contributed by atoms with Gasteiger partial charge in [0.15, 0.2) is 0 Å². The molecule has 1 heterocycles. The molecule has 1 aromatic carbocycles. The van der Waals surface area contributed by atoms with E-state index in [-0.39, 0.29) is 12.5 Å². The topological polar surface area (TPSA) is 68.8 Å². The highest BCUT2D eigenvalue weighted by Gasteiger charge is 2.23. The van der Waals surface area contributed by atoms with Gasteiger partial charge in [0.1, 0.15) is 24.3 Å². The van der Waals surface area contributed by atoms with Crippen molar-refractivity contribution < 1.29 is 19.1 Å². The van der Waals surface area contributed by atoms with Gasteiger partial charge in [0.2, 0.25) is 5.91 Å². The molecule has 1 saturated heterocycles. The zero-order chi connectivity index (χ0) is 12.3. The van der Waals surface area contributed by atoms with Gasteiger partial charge in [-0.05, 0) is 18.2 Å². The van der Waals surface area contributed by atoms with Gasteiger partial charge in [-0.3, -0.25) is 9.63 Å². The molecule has 1 unspecified atom stereocenters. The van der Waals surface area contributed by atoms with E-state index in [1.54, 1.807) is 32.4 Å². The van der Waals surface area contributed by atoms with Gasteiger partial charge >= 0.3 is 0 Å². The minimum atomic E-state index is -0.443. The molecule has 1 aliphatic rings. The van der Waals surface area contributed by atoms with Crippen LogP contribution in [0.1, 0.15) is 11.7 Å². The molecule has 0 aromatic heterocycles. The van der Waals surface area contributed by atoms with Crippen LogP contribution >= 0.6 is 0 Å². The van der Waals surface area contributed by atoms with Crippen LogP contribution in [0.5, 0.6) is 11.5 Å². The molecule has 1 aromatic rings. The SMILES string of the molecule is COc1ccc(OC)c(C2NOCC(=O)N2)c1. The second kappa shape index (κ2) is 5.03. The maximum Gasteiger partial charge on any atom is 0.249 e. The molecule has 1 atom stereocenters. The summed E-state index contributed by atoms with van der Waals surface area (Å²) in [6.45, 7) is 0.00276. The summed E-state index contributed by atoms with van der Waals surface area (Å²) in [5.74, 6) is 1.15. The number of hydroxylamine groups is 1. The molecular formula is C11H14N2O4. The fourth-order valence-corrected chi connectivity index (χ4v) is 1.63. The van der Waals surface area contributed by atoms with E-state index in [0.29, 0.717) is 11.5 Å². The van der Waals surface area contributed by atoms with Crippen LogP contribution in [0.2, 0.25) is 0 Å². The number of amides is 1. The number of carbonyl (C=O) groups is 1. The van der Waals surface area contributed by atoms with Gasteiger partial charge in [0.25, 0.3) is 0 Å². The Kier molecular flexibility index (Phi) is 3.46. The number of rotatable bonds is 3. The largest absolute Gasteiger partial charge is 0.497 e. The van der Waals surface area contributed by atoms with E-state index in [1.165, 1.54) is 0 Å².